The third kappa shape index (κ3) is 4.07. The summed E-state index contributed by atoms with van der Waals surface area (Å²) in [6.07, 6.45) is 4.11. The molecular weight excluding hydrogens is 388 g/mol. The van der Waals surface area contributed by atoms with Crippen molar-refractivity contribution in [1.82, 2.24) is 14.5 Å². The molecule has 2 aromatic heterocycles. The molecular formula is C22H23ClN4O2. The Bertz CT molecular complexity index is 1070. The smallest absolute Gasteiger partial charge is 0.255 e. The van der Waals surface area contributed by atoms with E-state index >= 15 is 0 Å². The molecule has 3 aromatic rings. The number of aromatic nitrogens is 3. The lowest BCUT2D eigenvalue weighted by atomic mass is 9.95. The van der Waals surface area contributed by atoms with E-state index in [0.29, 0.717) is 23.8 Å². The highest BCUT2D eigenvalue weighted by atomic mass is 35.5. The molecule has 150 valence electrons. The number of carbonyl (C=O) groups is 1. The molecule has 1 aliphatic rings. The van der Waals surface area contributed by atoms with Crippen molar-refractivity contribution in [2.24, 2.45) is 0 Å². The SMILES string of the molecule is CC1(C)CCn2c(nc(-c3ccncc3)cc2=O)N1CC(=O)c1ccccc1.Cl. The minimum absolute atomic E-state index is 0. The second kappa shape index (κ2) is 8.17. The van der Waals surface area contributed by atoms with E-state index < -0.39 is 0 Å². The van der Waals surface area contributed by atoms with E-state index in [1.165, 1.54) is 0 Å². The van der Waals surface area contributed by atoms with Crippen molar-refractivity contribution in [1.29, 1.82) is 0 Å². The van der Waals surface area contributed by atoms with E-state index in [2.05, 4.69) is 18.8 Å². The van der Waals surface area contributed by atoms with Gasteiger partial charge in [-0.1, -0.05) is 30.3 Å². The average molecular weight is 411 g/mol. The van der Waals surface area contributed by atoms with Crippen LogP contribution in [0.4, 0.5) is 5.95 Å². The molecule has 0 spiro atoms. The number of halogens is 1. The van der Waals surface area contributed by atoms with E-state index in [9.17, 15) is 9.59 Å². The maximum Gasteiger partial charge on any atom is 0.255 e. The van der Waals surface area contributed by atoms with Crippen LogP contribution in [0.2, 0.25) is 0 Å². The number of ketones is 1. The average Bonchev–Trinajstić information content (AvgIpc) is 2.71. The van der Waals surface area contributed by atoms with E-state index in [0.717, 1.165) is 12.0 Å². The van der Waals surface area contributed by atoms with Gasteiger partial charge in [0.05, 0.1) is 12.2 Å². The summed E-state index contributed by atoms with van der Waals surface area (Å²) in [7, 11) is 0. The number of anilines is 1. The summed E-state index contributed by atoms with van der Waals surface area (Å²) in [6.45, 7) is 4.92. The van der Waals surface area contributed by atoms with E-state index in [1.54, 1.807) is 23.0 Å². The molecule has 0 radical (unpaired) electrons. The number of hydrogen-bond donors (Lipinski definition) is 0. The zero-order valence-corrected chi connectivity index (χ0v) is 17.2. The molecule has 0 saturated heterocycles. The first-order valence-corrected chi connectivity index (χ1v) is 9.34. The third-order valence-electron chi connectivity index (χ3n) is 5.28. The van der Waals surface area contributed by atoms with Gasteiger partial charge < -0.3 is 4.90 Å². The first-order chi connectivity index (χ1) is 13.5. The Morgan fingerprint density at radius 3 is 2.48 bits per heavy atom. The van der Waals surface area contributed by atoms with Gasteiger partial charge in [-0.25, -0.2) is 4.98 Å². The van der Waals surface area contributed by atoms with Crippen LogP contribution >= 0.6 is 12.4 Å². The van der Waals surface area contributed by atoms with Gasteiger partial charge in [0.15, 0.2) is 5.78 Å². The molecule has 6 nitrogen and oxygen atoms in total. The van der Waals surface area contributed by atoms with E-state index in [4.69, 9.17) is 4.98 Å². The minimum atomic E-state index is -0.291. The van der Waals surface area contributed by atoms with Crippen LogP contribution < -0.4 is 10.5 Å². The molecule has 1 aromatic carbocycles. The van der Waals surface area contributed by atoms with Gasteiger partial charge in [0.2, 0.25) is 5.95 Å². The lowest BCUT2D eigenvalue weighted by Crippen LogP contribution is -2.53. The lowest BCUT2D eigenvalue weighted by molar-refractivity contribution is 0.0989. The molecule has 0 unspecified atom stereocenters. The van der Waals surface area contributed by atoms with Gasteiger partial charge in [-0.3, -0.25) is 19.1 Å². The molecule has 29 heavy (non-hydrogen) atoms. The van der Waals surface area contributed by atoms with Crippen LogP contribution in [0.15, 0.2) is 65.7 Å². The van der Waals surface area contributed by atoms with Crippen molar-refractivity contribution in [2.45, 2.75) is 32.4 Å². The molecule has 0 aliphatic carbocycles. The number of pyridine rings is 1. The molecule has 0 N–H and O–H groups in total. The fraction of sp³-hybridized carbons (Fsp3) is 0.273. The number of hydrogen-bond acceptors (Lipinski definition) is 5. The lowest BCUT2D eigenvalue weighted by Gasteiger charge is -2.44. The quantitative estimate of drug-likeness (QED) is 0.615. The molecule has 0 amide bonds. The highest BCUT2D eigenvalue weighted by molar-refractivity contribution is 5.99. The number of rotatable bonds is 4. The van der Waals surface area contributed by atoms with Gasteiger partial charge in [0.1, 0.15) is 0 Å². The molecule has 1 aliphatic heterocycles. The van der Waals surface area contributed by atoms with Crippen LogP contribution in [0.3, 0.4) is 0 Å². The number of benzene rings is 1. The van der Waals surface area contributed by atoms with Crippen LogP contribution in [-0.2, 0) is 6.54 Å². The number of carbonyl (C=O) groups excluding carboxylic acids is 1. The first kappa shape index (κ1) is 20.7. The largest absolute Gasteiger partial charge is 0.329 e. The van der Waals surface area contributed by atoms with Crippen LogP contribution in [-0.4, -0.2) is 32.4 Å². The summed E-state index contributed by atoms with van der Waals surface area (Å²) in [5, 5.41) is 0. The standard InChI is InChI=1S/C22H22N4O2.ClH/c1-22(2)10-13-25-20(28)14-18(16-8-11-23-12-9-16)24-21(25)26(22)15-19(27)17-6-4-3-5-7-17;/h3-9,11-12,14H,10,13,15H2,1-2H3;1H. The summed E-state index contributed by atoms with van der Waals surface area (Å²) in [5.41, 5.74) is 1.68. The molecule has 7 heteroatoms. The summed E-state index contributed by atoms with van der Waals surface area (Å²) in [5.74, 6) is 0.547. The summed E-state index contributed by atoms with van der Waals surface area (Å²) >= 11 is 0. The Morgan fingerprint density at radius 2 is 1.79 bits per heavy atom. The van der Waals surface area contributed by atoms with Crippen molar-refractivity contribution in [3.63, 3.8) is 0 Å². The topological polar surface area (TPSA) is 68.1 Å². The maximum atomic E-state index is 12.9. The molecule has 0 fully saturated rings. The van der Waals surface area contributed by atoms with Crippen molar-refractivity contribution < 1.29 is 4.79 Å². The van der Waals surface area contributed by atoms with Gasteiger partial charge >= 0.3 is 0 Å². The van der Waals surface area contributed by atoms with Crippen molar-refractivity contribution in [3.8, 4) is 11.3 Å². The summed E-state index contributed by atoms with van der Waals surface area (Å²) in [4.78, 5) is 36.4. The monoisotopic (exact) mass is 410 g/mol. The van der Waals surface area contributed by atoms with Crippen LogP contribution in [0.25, 0.3) is 11.3 Å². The maximum absolute atomic E-state index is 12.9. The second-order valence-corrected chi connectivity index (χ2v) is 7.60. The fourth-order valence-electron chi connectivity index (χ4n) is 3.52. The Labute approximate surface area is 175 Å². The molecule has 3 heterocycles. The third-order valence-corrected chi connectivity index (χ3v) is 5.28. The highest BCUT2D eigenvalue weighted by Gasteiger charge is 2.36. The highest BCUT2D eigenvalue weighted by Crippen LogP contribution is 2.31. The molecule has 0 saturated carbocycles. The minimum Gasteiger partial charge on any atom is -0.329 e. The van der Waals surface area contributed by atoms with Crippen LogP contribution in [0, 0.1) is 0 Å². The zero-order chi connectivity index (χ0) is 19.7. The fourth-order valence-corrected chi connectivity index (χ4v) is 3.52. The molecule has 4 rings (SSSR count). The van der Waals surface area contributed by atoms with Crippen molar-refractivity contribution in [3.05, 3.63) is 76.8 Å². The number of Topliss-reactive ketones (excluding diaryl/α,β-unsaturated/α-hetero) is 1. The second-order valence-electron chi connectivity index (χ2n) is 7.60. The summed E-state index contributed by atoms with van der Waals surface area (Å²) < 4.78 is 1.66. The molecule has 0 atom stereocenters. The first-order valence-electron chi connectivity index (χ1n) is 9.34. The predicted octanol–water partition coefficient (Wildman–Crippen LogP) is 3.60. The predicted molar refractivity (Wildman–Crippen MR) is 116 cm³/mol. The normalized spacial score (nSPS) is 14.6. The van der Waals surface area contributed by atoms with Crippen LogP contribution in [0.1, 0.15) is 30.6 Å². The van der Waals surface area contributed by atoms with Crippen molar-refractivity contribution >= 4 is 24.1 Å². The van der Waals surface area contributed by atoms with Gasteiger partial charge in [0, 0.05) is 41.7 Å². The van der Waals surface area contributed by atoms with Gasteiger partial charge in [-0.05, 0) is 32.4 Å². The van der Waals surface area contributed by atoms with Gasteiger partial charge in [0.25, 0.3) is 5.56 Å². The Kier molecular flexibility index (Phi) is 5.84. The van der Waals surface area contributed by atoms with Gasteiger partial charge in [-0.15, -0.1) is 12.4 Å². The number of nitrogens with zero attached hydrogens (tertiary/aromatic N) is 4. The zero-order valence-electron chi connectivity index (χ0n) is 16.4. The van der Waals surface area contributed by atoms with Crippen molar-refractivity contribution in [2.75, 3.05) is 11.4 Å². The Morgan fingerprint density at radius 1 is 1.10 bits per heavy atom. The molecule has 0 bridgehead atoms. The Hall–Kier alpha value is -2.99. The summed E-state index contributed by atoms with van der Waals surface area (Å²) in [6, 6.07) is 14.4. The Balaban J connectivity index is 0.00000240. The van der Waals surface area contributed by atoms with Crippen LogP contribution in [0.5, 0.6) is 0 Å². The van der Waals surface area contributed by atoms with E-state index in [-0.39, 0.29) is 35.8 Å². The number of fused-ring (bicyclic) bond motifs is 1. The van der Waals surface area contributed by atoms with E-state index in [1.807, 2.05) is 47.4 Å². The van der Waals surface area contributed by atoms with Gasteiger partial charge in [-0.2, -0.15) is 0 Å².